The molecule has 1 aromatic carbocycles. The second-order valence-corrected chi connectivity index (χ2v) is 4.29. The average molecular weight is 271 g/mol. The highest BCUT2D eigenvalue weighted by Crippen LogP contribution is 2.15. The fraction of sp³-hybridized carbons (Fsp3) is 0.462. The molecule has 1 aliphatic rings. The lowest BCUT2D eigenvalue weighted by Crippen LogP contribution is -2.38. The molecule has 0 spiro atoms. The molecule has 1 atom stereocenters. The van der Waals surface area contributed by atoms with Gasteiger partial charge in [0.25, 0.3) is 5.91 Å². The zero-order valence-electron chi connectivity index (χ0n) is 10.7. The molecule has 1 aromatic rings. The molecule has 1 amide bonds. The molecule has 0 aromatic heterocycles. The summed E-state index contributed by atoms with van der Waals surface area (Å²) in [5.74, 6) is 0.841. The molecule has 1 unspecified atom stereocenters. The van der Waals surface area contributed by atoms with Crippen molar-refractivity contribution >= 4 is 18.3 Å². The summed E-state index contributed by atoms with van der Waals surface area (Å²) in [7, 11) is 3.48. The summed E-state index contributed by atoms with van der Waals surface area (Å²) in [6.45, 7) is 1.88. The van der Waals surface area contributed by atoms with Gasteiger partial charge in [-0.25, -0.2) is 0 Å². The minimum atomic E-state index is 0. The van der Waals surface area contributed by atoms with Gasteiger partial charge in [0.2, 0.25) is 0 Å². The Morgan fingerprint density at radius 3 is 2.56 bits per heavy atom. The lowest BCUT2D eigenvalue weighted by Gasteiger charge is -2.23. The summed E-state index contributed by atoms with van der Waals surface area (Å²) in [6.07, 6.45) is 1.03. The molecule has 18 heavy (non-hydrogen) atoms. The standard InChI is InChI=1S/C13H18N2O2.ClH/c1-15(11-7-8-14-9-11)13(16)10-3-5-12(17-2)6-4-10;/h3-6,11,14H,7-9H2,1-2H3;1H. The van der Waals surface area contributed by atoms with Crippen LogP contribution in [-0.4, -0.2) is 44.1 Å². The summed E-state index contributed by atoms with van der Waals surface area (Å²) >= 11 is 0. The van der Waals surface area contributed by atoms with Crippen molar-refractivity contribution in [2.24, 2.45) is 0 Å². The third kappa shape index (κ3) is 3.15. The van der Waals surface area contributed by atoms with Crippen LogP contribution >= 0.6 is 12.4 Å². The molecule has 1 heterocycles. The fourth-order valence-electron chi connectivity index (χ4n) is 2.07. The van der Waals surface area contributed by atoms with Gasteiger partial charge in [-0.3, -0.25) is 4.79 Å². The van der Waals surface area contributed by atoms with Crippen LogP contribution in [0.25, 0.3) is 0 Å². The highest BCUT2D eigenvalue weighted by molar-refractivity contribution is 5.94. The van der Waals surface area contributed by atoms with Crippen molar-refractivity contribution in [3.05, 3.63) is 29.8 Å². The predicted molar refractivity (Wildman–Crippen MR) is 73.6 cm³/mol. The quantitative estimate of drug-likeness (QED) is 0.906. The van der Waals surface area contributed by atoms with E-state index < -0.39 is 0 Å². The lowest BCUT2D eigenvalue weighted by atomic mass is 10.1. The van der Waals surface area contributed by atoms with E-state index in [9.17, 15) is 4.79 Å². The number of amides is 1. The molecule has 0 radical (unpaired) electrons. The fourth-order valence-corrected chi connectivity index (χ4v) is 2.07. The topological polar surface area (TPSA) is 41.6 Å². The average Bonchev–Trinajstić information content (AvgIpc) is 2.91. The third-order valence-corrected chi connectivity index (χ3v) is 3.24. The Morgan fingerprint density at radius 1 is 1.39 bits per heavy atom. The number of benzene rings is 1. The molecule has 1 N–H and O–H groups in total. The first-order chi connectivity index (χ1) is 8.22. The van der Waals surface area contributed by atoms with E-state index in [0.717, 1.165) is 25.3 Å². The molecule has 2 rings (SSSR count). The minimum Gasteiger partial charge on any atom is -0.497 e. The van der Waals surface area contributed by atoms with Crippen LogP contribution in [0, 0.1) is 0 Å². The Hall–Kier alpha value is -1.26. The molecule has 0 saturated carbocycles. The first-order valence-electron chi connectivity index (χ1n) is 5.84. The second kappa shape index (κ2) is 6.61. The van der Waals surface area contributed by atoms with Crippen molar-refractivity contribution in [3.63, 3.8) is 0 Å². The predicted octanol–water partition coefficient (Wildman–Crippen LogP) is 1.55. The van der Waals surface area contributed by atoms with Crippen LogP contribution in [0.5, 0.6) is 5.75 Å². The Balaban J connectivity index is 0.00000162. The number of likely N-dealkylation sites (N-methyl/N-ethyl adjacent to an activating group) is 1. The molecule has 1 saturated heterocycles. The first kappa shape index (κ1) is 14.8. The summed E-state index contributed by atoms with van der Waals surface area (Å²) in [5, 5.41) is 3.26. The number of rotatable bonds is 3. The van der Waals surface area contributed by atoms with Crippen molar-refractivity contribution in [1.29, 1.82) is 0 Å². The molecule has 0 aliphatic carbocycles. The SMILES string of the molecule is COc1ccc(C(=O)N(C)C2CCNC2)cc1.Cl. The van der Waals surface area contributed by atoms with E-state index in [4.69, 9.17) is 4.74 Å². The number of carbonyl (C=O) groups is 1. The number of methoxy groups -OCH3 is 1. The molecule has 0 bridgehead atoms. The van der Waals surface area contributed by atoms with Crippen molar-refractivity contribution in [2.45, 2.75) is 12.5 Å². The van der Waals surface area contributed by atoms with Crippen LogP contribution < -0.4 is 10.1 Å². The van der Waals surface area contributed by atoms with Gasteiger partial charge in [-0.05, 0) is 37.2 Å². The second-order valence-electron chi connectivity index (χ2n) is 4.29. The number of ether oxygens (including phenoxy) is 1. The number of nitrogens with one attached hydrogen (secondary N) is 1. The van der Waals surface area contributed by atoms with Crippen molar-refractivity contribution < 1.29 is 9.53 Å². The van der Waals surface area contributed by atoms with Gasteiger partial charge >= 0.3 is 0 Å². The number of carbonyl (C=O) groups excluding carboxylic acids is 1. The maximum absolute atomic E-state index is 12.2. The summed E-state index contributed by atoms with van der Waals surface area (Å²) in [4.78, 5) is 14.0. The number of nitrogens with zero attached hydrogens (tertiary/aromatic N) is 1. The Morgan fingerprint density at radius 2 is 2.06 bits per heavy atom. The highest BCUT2D eigenvalue weighted by atomic mass is 35.5. The number of hydrogen-bond acceptors (Lipinski definition) is 3. The van der Waals surface area contributed by atoms with Crippen LogP contribution in [0.4, 0.5) is 0 Å². The zero-order valence-corrected chi connectivity index (χ0v) is 11.5. The molecule has 1 aliphatic heterocycles. The van der Waals surface area contributed by atoms with Gasteiger partial charge in [0.15, 0.2) is 0 Å². The van der Waals surface area contributed by atoms with E-state index in [1.807, 2.05) is 24.1 Å². The van der Waals surface area contributed by atoms with Crippen molar-refractivity contribution in [2.75, 3.05) is 27.2 Å². The Bertz CT molecular complexity index is 388. The molecule has 100 valence electrons. The summed E-state index contributed by atoms with van der Waals surface area (Å²) in [5.41, 5.74) is 0.709. The number of hydrogen-bond donors (Lipinski definition) is 1. The van der Waals surface area contributed by atoms with Gasteiger partial charge in [-0.15, -0.1) is 12.4 Å². The van der Waals surface area contributed by atoms with Gasteiger partial charge in [0.05, 0.1) is 7.11 Å². The third-order valence-electron chi connectivity index (χ3n) is 3.24. The number of halogens is 1. The lowest BCUT2D eigenvalue weighted by molar-refractivity contribution is 0.0744. The molecule has 1 fully saturated rings. The van der Waals surface area contributed by atoms with Crippen molar-refractivity contribution in [1.82, 2.24) is 10.2 Å². The van der Waals surface area contributed by atoms with E-state index >= 15 is 0 Å². The Kier molecular flexibility index (Phi) is 5.44. The molecule has 5 heteroatoms. The smallest absolute Gasteiger partial charge is 0.253 e. The zero-order chi connectivity index (χ0) is 12.3. The summed E-state index contributed by atoms with van der Waals surface area (Å²) < 4.78 is 5.07. The van der Waals surface area contributed by atoms with E-state index in [1.54, 1.807) is 19.2 Å². The maximum atomic E-state index is 12.2. The van der Waals surface area contributed by atoms with Crippen LogP contribution in [0.1, 0.15) is 16.8 Å². The molecular formula is C13H19ClN2O2. The maximum Gasteiger partial charge on any atom is 0.253 e. The van der Waals surface area contributed by atoms with Gasteiger partial charge < -0.3 is 15.0 Å². The molecule has 4 nitrogen and oxygen atoms in total. The Labute approximate surface area is 114 Å². The van der Waals surface area contributed by atoms with E-state index in [1.165, 1.54) is 0 Å². The van der Waals surface area contributed by atoms with Crippen LogP contribution in [0.2, 0.25) is 0 Å². The molecular weight excluding hydrogens is 252 g/mol. The first-order valence-corrected chi connectivity index (χ1v) is 5.84. The van der Waals surface area contributed by atoms with Gasteiger partial charge in [0.1, 0.15) is 5.75 Å². The van der Waals surface area contributed by atoms with E-state index in [-0.39, 0.29) is 18.3 Å². The minimum absolute atomic E-state index is 0. The highest BCUT2D eigenvalue weighted by Gasteiger charge is 2.23. The monoisotopic (exact) mass is 270 g/mol. The van der Waals surface area contributed by atoms with Crippen molar-refractivity contribution in [3.8, 4) is 5.75 Å². The summed E-state index contributed by atoms with van der Waals surface area (Å²) in [6, 6.07) is 7.55. The van der Waals surface area contributed by atoms with E-state index in [2.05, 4.69) is 5.32 Å². The van der Waals surface area contributed by atoms with E-state index in [0.29, 0.717) is 11.6 Å². The van der Waals surface area contributed by atoms with Crippen LogP contribution in [-0.2, 0) is 0 Å². The normalized spacial score (nSPS) is 18.0. The van der Waals surface area contributed by atoms with Gasteiger partial charge in [-0.2, -0.15) is 0 Å². The largest absolute Gasteiger partial charge is 0.497 e. The van der Waals surface area contributed by atoms with Gasteiger partial charge in [-0.1, -0.05) is 0 Å². The van der Waals surface area contributed by atoms with Crippen LogP contribution in [0.3, 0.4) is 0 Å². The van der Waals surface area contributed by atoms with Crippen LogP contribution in [0.15, 0.2) is 24.3 Å². The van der Waals surface area contributed by atoms with Gasteiger partial charge in [0, 0.05) is 25.2 Å².